The van der Waals surface area contributed by atoms with Crippen LogP contribution in [0.25, 0.3) is 0 Å². The first-order chi connectivity index (χ1) is 10.1. The molecule has 112 valence electrons. The molecular weight excluding hydrogens is 284 g/mol. The lowest BCUT2D eigenvalue weighted by Gasteiger charge is -2.09. The molecule has 0 atom stereocenters. The molecule has 0 aliphatic heterocycles. The number of ether oxygens (including phenoxy) is 1. The number of nitrogens with one attached hydrogen (secondary N) is 1. The summed E-state index contributed by atoms with van der Waals surface area (Å²) in [6.07, 6.45) is 0. The zero-order valence-electron chi connectivity index (χ0n) is 12.5. The van der Waals surface area contributed by atoms with E-state index < -0.39 is 0 Å². The van der Waals surface area contributed by atoms with Crippen molar-refractivity contribution >= 4 is 23.0 Å². The van der Waals surface area contributed by atoms with E-state index in [1.807, 2.05) is 29.6 Å². The number of para-hydroxylation sites is 2. The lowest BCUT2D eigenvalue weighted by atomic mass is 10.2. The van der Waals surface area contributed by atoms with E-state index in [4.69, 9.17) is 10.5 Å². The van der Waals surface area contributed by atoms with Gasteiger partial charge in [-0.25, -0.2) is 9.98 Å². The summed E-state index contributed by atoms with van der Waals surface area (Å²) in [7, 11) is 1.62. The summed E-state index contributed by atoms with van der Waals surface area (Å²) < 4.78 is 5.25. The van der Waals surface area contributed by atoms with E-state index in [1.165, 1.54) is 0 Å². The quantitative estimate of drug-likeness (QED) is 0.657. The van der Waals surface area contributed by atoms with E-state index in [2.05, 4.69) is 29.1 Å². The molecule has 5 nitrogen and oxygen atoms in total. The summed E-state index contributed by atoms with van der Waals surface area (Å²) in [5.74, 6) is 1.52. The number of nitrogens with two attached hydrogens (primary N) is 1. The molecule has 0 amide bonds. The average Bonchev–Trinajstić information content (AvgIpc) is 2.95. The zero-order chi connectivity index (χ0) is 15.2. The Morgan fingerprint density at radius 1 is 1.43 bits per heavy atom. The first-order valence-corrected chi connectivity index (χ1v) is 7.62. The van der Waals surface area contributed by atoms with Gasteiger partial charge in [0.05, 0.1) is 30.0 Å². The molecule has 0 saturated carbocycles. The Morgan fingerprint density at radius 3 is 2.86 bits per heavy atom. The number of methoxy groups -OCH3 is 1. The second kappa shape index (κ2) is 7.08. The molecule has 21 heavy (non-hydrogen) atoms. The normalized spacial score (nSPS) is 11.7. The van der Waals surface area contributed by atoms with Crippen LogP contribution in [0.15, 0.2) is 34.6 Å². The van der Waals surface area contributed by atoms with E-state index in [0.717, 1.165) is 22.1 Å². The number of nitrogens with zero attached hydrogens (tertiary/aromatic N) is 2. The number of anilines is 1. The summed E-state index contributed by atoms with van der Waals surface area (Å²) in [5.41, 5.74) is 7.64. The van der Waals surface area contributed by atoms with Crippen LogP contribution in [0.1, 0.15) is 30.5 Å². The third-order valence-electron chi connectivity index (χ3n) is 2.84. The SMILES string of the molecule is COc1ccccc1NC(N)=NCc1csc(C(C)C)n1. The van der Waals surface area contributed by atoms with Crippen molar-refractivity contribution in [3.05, 3.63) is 40.3 Å². The van der Waals surface area contributed by atoms with Crippen molar-refractivity contribution in [2.24, 2.45) is 10.7 Å². The predicted molar refractivity (Wildman–Crippen MR) is 88.1 cm³/mol. The van der Waals surface area contributed by atoms with Gasteiger partial charge in [0.25, 0.3) is 0 Å². The van der Waals surface area contributed by atoms with Crippen molar-refractivity contribution < 1.29 is 4.74 Å². The summed E-state index contributed by atoms with van der Waals surface area (Å²) in [5, 5.41) is 6.18. The van der Waals surface area contributed by atoms with Crippen molar-refractivity contribution in [1.29, 1.82) is 0 Å². The van der Waals surface area contributed by atoms with Gasteiger partial charge in [0, 0.05) is 11.3 Å². The Labute approximate surface area is 128 Å². The fraction of sp³-hybridized carbons (Fsp3) is 0.333. The Balaban J connectivity index is 2.00. The molecule has 0 bridgehead atoms. The molecule has 3 N–H and O–H groups in total. The largest absolute Gasteiger partial charge is 0.495 e. The lowest BCUT2D eigenvalue weighted by molar-refractivity contribution is 0.417. The Morgan fingerprint density at radius 2 is 2.19 bits per heavy atom. The van der Waals surface area contributed by atoms with Gasteiger partial charge in [0.15, 0.2) is 5.96 Å². The highest BCUT2D eigenvalue weighted by molar-refractivity contribution is 7.09. The number of aliphatic imine (C=N–C) groups is 1. The van der Waals surface area contributed by atoms with Crippen LogP contribution in [-0.4, -0.2) is 18.1 Å². The number of benzene rings is 1. The lowest BCUT2D eigenvalue weighted by Crippen LogP contribution is -2.22. The van der Waals surface area contributed by atoms with Gasteiger partial charge < -0.3 is 15.8 Å². The van der Waals surface area contributed by atoms with Crippen LogP contribution in [0, 0.1) is 0 Å². The monoisotopic (exact) mass is 304 g/mol. The maximum atomic E-state index is 5.90. The second-order valence-corrected chi connectivity index (χ2v) is 5.75. The van der Waals surface area contributed by atoms with Crippen molar-refractivity contribution in [1.82, 2.24) is 4.98 Å². The molecule has 0 spiro atoms. The van der Waals surface area contributed by atoms with Gasteiger partial charge in [-0.2, -0.15) is 0 Å². The smallest absolute Gasteiger partial charge is 0.193 e. The van der Waals surface area contributed by atoms with Crippen LogP contribution in [0.2, 0.25) is 0 Å². The molecule has 2 aromatic rings. The minimum absolute atomic E-state index is 0.346. The molecule has 1 heterocycles. The van der Waals surface area contributed by atoms with Crippen LogP contribution in [0.5, 0.6) is 5.75 Å². The van der Waals surface area contributed by atoms with Crippen molar-refractivity contribution in [3.8, 4) is 5.75 Å². The molecule has 0 aliphatic carbocycles. The van der Waals surface area contributed by atoms with Crippen LogP contribution in [0.3, 0.4) is 0 Å². The molecule has 0 aliphatic rings. The topological polar surface area (TPSA) is 72.5 Å². The second-order valence-electron chi connectivity index (χ2n) is 4.86. The maximum Gasteiger partial charge on any atom is 0.193 e. The molecular formula is C15H20N4OS. The minimum Gasteiger partial charge on any atom is -0.495 e. The Bertz CT molecular complexity index is 622. The molecule has 0 unspecified atom stereocenters. The van der Waals surface area contributed by atoms with Crippen LogP contribution in [-0.2, 0) is 6.54 Å². The molecule has 6 heteroatoms. The summed E-state index contributed by atoms with van der Waals surface area (Å²) in [6.45, 7) is 4.73. The highest BCUT2D eigenvalue weighted by Gasteiger charge is 2.06. The first-order valence-electron chi connectivity index (χ1n) is 6.74. The molecule has 0 fully saturated rings. The maximum absolute atomic E-state index is 5.90. The standard InChI is InChI=1S/C15H20N4OS/c1-10(2)14-18-11(9-21-14)8-17-15(16)19-12-6-4-5-7-13(12)20-3/h4-7,9-10H,8H2,1-3H3,(H3,16,17,19). The third-order valence-corrected chi connectivity index (χ3v) is 4.04. The van der Waals surface area contributed by atoms with E-state index in [9.17, 15) is 0 Å². The Kier molecular flexibility index (Phi) is 5.16. The predicted octanol–water partition coefficient (Wildman–Crippen LogP) is 3.20. The third kappa shape index (κ3) is 4.19. The van der Waals surface area contributed by atoms with Crippen molar-refractivity contribution in [2.45, 2.75) is 26.3 Å². The molecule has 1 aromatic carbocycles. The number of guanidine groups is 1. The number of hydrogen-bond donors (Lipinski definition) is 2. The molecule has 1 aromatic heterocycles. The number of aromatic nitrogens is 1. The first kappa shape index (κ1) is 15.3. The van der Waals surface area contributed by atoms with Gasteiger partial charge in [-0.1, -0.05) is 26.0 Å². The van der Waals surface area contributed by atoms with E-state index in [1.54, 1.807) is 18.4 Å². The number of rotatable bonds is 5. The van der Waals surface area contributed by atoms with Gasteiger partial charge in [0.1, 0.15) is 5.75 Å². The molecule has 2 rings (SSSR count). The van der Waals surface area contributed by atoms with E-state index in [0.29, 0.717) is 18.4 Å². The van der Waals surface area contributed by atoms with Crippen molar-refractivity contribution in [3.63, 3.8) is 0 Å². The highest BCUT2D eigenvalue weighted by atomic mass is 32.1. The van der Waals surface area contributed by atoms with Gasteiger partial charge in [-0.15, -0.1) is 11.3 Å². The summed E-state index contributed by atoms with van der Waals surface area (Å²) in [6, 6.07) is 7.57. The van der Waals surface area contributed by atoms with E-state index in [-0.39, 0.29) is 0 Å². The van der Waals surface area contributed by atoms with Crippen molar-refractivity contribution in [2.75, 3.05) is 12.4 Å². The average molecular weight is 304 g/mol. The van der Waals surface area contributed by atoms with Crippen LogP contribution in [0.4, 0.5) is 5.69 Å². The van der Waals surface area contributed by atoms with Crippen LogP contribution >= 0.6 is 11.3 Å². The highest BCUT2D eigenvalue weighted by Crippen LogP contribution is 2.23. The summed E-state index contributed by atoms with van der Waals surface area (Å²) >= 11 is 1.66. The van der Waals surface area contributed by atoms with Crippen LogP contribution < -0.4 is 15.8 Å². The molecule has 0 saturated heterocycles. The fourth-order valence-electron chi connectivity index (χ4n) is 1.75. The number of thiazole rings is 1. The Hall–Kier alpha value is -2.08. The van der Waals surface area contributed by atoms with E-state index >= 15 is 0 Å². The van der Waals surface area contributed by atoms with Gasteiger partial charge >= 0.3 is 0 Å². The van der Waals surface area contributed by atoms with Gasteiger partial charge in [0.2, 0.25) is 0 Å². The summed E-state index contributed by atoms with van der Waals surface area (Å²) in [4.78, 5) is 8.84. The van der Waals surface area contributed by atoms with Gasteiger partial charge in [-0.05, 0) is 12.1 Å². The number of hydrogen-bond acceptors (Lipinski definition) is 4. The molecule has 0 radical (unpaired) electrons. The fourth-order valence-corrected chi connectivity index (χ4v) is 2.58. The van der Waals surface area contributed by atoms with Gasteiger partial charge in [-0.3, -0.25) is 0 Å². The zero-order valence-corrected chi connectivity index (χ0v) is 13.3. The minimum atomic E-state index is 0.346.